The summed E-state index contributed by atoms with van der Waals surface area (Å²) in [6, 6.07) is 15.9. The first-order valence-electron chi connectivity index (χ1n) is 9.86. The number of aryl methyl sites for hydroxylation is 1. The fraction of sp³-hybridized carbons (Fsp3) is 0.208. The molecular weight excluding hydrogens is 408 g/mol. The molecule has 0 unspecified atom stereocenters. The first kappa shape index (κ1) is 22.5. The van der Waals surface area contributed by atoms with E-state index in [1.54, 1.807) is 31.6 Å². The van der Waals surface area contributed by atoms with Gasteiger partial charge in [0.25, 0.3) is 0 Å². The predicted octanol–water partition coefficient (Wildman–Crippen LogP) is 4.58. The van der Waals surface area contributed by atoms with Crippen molar-refractivity contribution >= 4 is 23.4 Å². The number of methoxy groups -OCH3 is 1. The Morgan fingerprint density at radius 1 is 1.06 bits per heavy atom. The van der Waals surface area contributed by atoms with Crippen molar-refractivity contribution in [2.24, 2.45) is 0 Å². The molecule has 6 nitrogen and oxygen atoms in total. The number of thioether (sulfide) groups is 1. The van der Waals surface area contributed by atoms with E-state index in [2.05, 4.69) is 32.7 Å². The summed E-state index contributed by atoms with van der Waals surface area (Å²) in [5.41, 5.74) is 3.62. The second-order valence-corrected chi connectivity index (χ2v) is 7.72. The van der Waals surface area contributed by atoms with Crippen LogP contribution in [0.25, 0.3) is 0 Å². The number of nitrogens with one attached hydrogen (secondary N) is 2. The number of nitrogens with zero attached hydrogens (tertiary/aromatic N) is 2. The molecule has 0 radical (unpaired) electrons. The Bertz CT molecular complexity index is 1040. The molecule has 31 heavy (non-hydrogen) atoms. The van der Waals surface area contributed by atoms with Gasteiger partial charge in [0.1, 0.15) is 11.6 Å². The van der Waals surface area contributed by atoms with E-state index in [1.165, 1.54) is 17.3 Å². The van der Waals surface area contributed by atoms with E-state index >= 15 is 0 Å². The maximum Gasteiger partial charge on any atom is 0.192 e. The number of hydrogen-bond donors (Lipinski definition) is 2. The third-order valence-corrected chi connectivity index (χ3v) is 5.21. The Kier molecular flexibility index (Phi) is 8.20. The van der Waals surface area contributed by atoms with Crippen molar-refractivity contribution in [3.63, 3.8) is 0 Å². The number of carbonyl (C=O) groups is 1. The molecule has 0 spiro atoms. The van der Waals surface area contributed by atoms with E-state index in [1.807, 2.05) is 43.5 Å². The summed E-state index contributed by atoms with van der Waals surface area (Å²) in [6.07, 6.45) is 6.77. The molecule has 0 bridgehead atoms. The quantitative estimate of drug-likeness (QED) is 0.357. The topological polar surface area (TPSA) is 76.1 Å². The number of allylic oxidation sites excluding steroid dienone is 1. The fourth-order valence-corrected chi connectivity index (χ4v) is 3.35. The number of hydrogen-bond acceptors (Lipinski definition) is 7. The van der Waals surface area contributed by atoms with Crippen LogP contribution in [0, 0.1) is 6.92 Å². The van der Waals surface area contributed by atoms with Crippen LogP contribution in [0.15, 0.2) is 72.0 Å². The summed E-state index contributed by atoms with van der Waals surface area (Å²) in [5.74, 6) is 0.999. The van der Waals surface area contributed by atoms with Gasteiger partial charge < -0.3 is 15.4 Å². The highest BCUT2D eigenvalue weighted by molar-refractivity contribution is 8.02. The monoisotopic (exact) mass is 434 g/mol. The van der Waals surface area contributed by atoms with Crippen molar-refractivity contribution in [3.8, 4) is 5.75 Å². The number of ketones is 1. The molecule has 0 saturated carbocycles. The first-order chi connectivity index (χ1) is 15.1. The van der Waals surface area contributed by atoms with Crippen molar-refractivity contribution in [1.29, 1.82) is 0 Å². The number of aromatic nitrogens is 2. The maximum absolute atomic E-state index is 12.9. The zero-order chi connectivity index (χ0) is 22.1. The number of ether oxygens (including phenoxy) is 1. The van der Waals surface area contributed by atoms with Crippen LogP contribution in [0.3, 0.4) is 0 Å². The van der Waals surface area contributed by atoms with Gasteiger partial charge in [0, 0.05) is 19.2 Å². The molecule has 2 N–H and O–H groups in total. The van der Waals surface area contributed by atoms with E-state index in [-0.39, 0.29) is 5.78 Å². The molecule has 0 fully saturated rings. The zero-order valence-corrected chi connectivity index (χ0v) is 18.7. The molecule has 2 aromatic carbocycles. The van der Waals surface area contributed by atoms with Crippen LogP contribution in [0.5, 0.6) is 5.75 Å². The van der Waals surface area contributed by atoms with E-state index in [0.29, 0.717) is 28.7 Å². The van der Waals surface area contributed by atoms with E-state index < -0.39 is 0 Å². The lowest BCUT2D eigenvalue weighted by Crippen LogP contribution is -2.13. The Hall–Kier alpha value is -3.16. The van der Waals surface area contributed by atoms with Gasteiger partial charge in [-0.15, -0.1) is 11.8 Å². The minimum atomic E-state index is -0.141. The molecule has 0 aliphatic carbocycles. The molecule has 0 aliphatic heterocycles. The van der Waals surface area contributed by atoms with Gasteiger partial charge in [0.15, 0.2) is 5.78 Å². The molecule has 0 saturated heterocycles. The Morgan fingerprint density at radius 2 is 1.84 bits per heavy atom. The molecule has 7 heteroatoms. The van der Waals surface area contributed by atoms with Gasteiger partial charge in [-0.05, 0) is 36.4 Å². The molecule has 3 aromatic rings. The van der Waals surface area contributed by atoms with Crippen LogP contribution in [-0.2, 0) is 13.1 Å². The van der Waals surface area contributed by atoms with Gasteiger partial charge in [0.05, 0.1) is 35.8 Å². The normalized spacial score (nSPS) is 11.3. The molecular formula is C24H26N4O2S. The molecule has 1 heterocycles. The molecule has 160 valence electrons. The van der Waals surface area contributed by atoms with Gasteiger partial charge in [-0.1, -0.05) is 36.4 Å². The highest BCUT2D eigenvalue weighted by Crippen LogP contribution is 2.23. The summed E-state index contributed by atoms with van der Waals surface area (Å²) < 4.78 is 5.49. The standard InChI is InChI=1S/C24H26N4O2S/c1-17-13-27-23(16-26-17)28-24(31-3)12-21(29)20-10-9-19(11-22(20)30-2)15-25-14-18-7-5-4-6-8-18/h4-13,16,25H,14-15H2,1-3H3,(H,27,28)/b24-12-. The minimum Gasteiger partial charge on any atom is -0.496 e. The number of rotatable bonds is 10. The van der Waals surface area contributed by atoms with Crippen LogP contribution < -0.4 is 15.4 Å². The fourth-order valence-electron chi connectivity index (χ4n) is 2.92. The first-order valence-corrected chi connectivity index (χ1v) is 11.1. The van der Waals surface area contributed by atoms with Gasteiger partial charge in [-0.25, -0.2) is 4.98 Å². The van der Waals surface area contributed by atoms with Crippen molar-refractivity contribution in [1.82, 2.24) is 15.3 Å². The summed E-state index contributed by atoms with van der Waals surface area (Å²) in [6.45, 7) is 3.33. The zero-order valence-electron chi connectivity index (χ0n) is 17.9. The second kappa shape index (κ2) is 11.3. The van der Waals surface area contributed by atoms with Crippen molar-refractivity contribution in [2.45, 2.75) is 20.0 Å². The predicted molar refractivity (Wildman–Crippen MR) is 126 cm³/mol. The maximum atomic E-state index is 12.9. The third kappa shape index (κ3) is 6.67. The molecule has 0 atom stereocenters. The third-order valence-electron chi connectivity index (χ3n) is 4.55. The number of anilines is 1. The van der Waals surface area contributed by atoms with Gasteiger partial charge in [-0.2, -0.15) is 0 Å². The lowest BCUT2D eigenvalue weighted by molar-refractivity contribution is 0.104. The lowest BCUT2D eigenvalue weighted by atomic mass is 10.1. The summed E-state index contributed by atoms with van der Waals surface area (Å²) in [4.78, 5) is 21.4. The van der Waals surface area contributed by atoms with Gasteiger partial charge >= 0.3 is 0 Å². The highest BCUT2D eigenvalue weighted by atomic mass is 32.2. The minimum absolute atomic E-state index is 0.141. The van der Waals surface area contributed by atoms with E-state index in [0.717, 1.165) is 17.8 Å². The van der Waals surface area contributed by atoms with Crippen LogP contribution in [0.2, 0.25) is 0 Å². The second-order valence-electron chi connectivity index (χ2n) is 6.87. The van der Waals surface area contributed by atoms with Crippen LogP contribution in [0.4, 0.5) is 5.82 Å². The summed E-state index contributed by atoms with van der Waals surface area (Å²) in [5, 5.41) is 7.22. The van der Waals surface area contributed by atoms with Crippen molar-refractivity contribution in [3.05, 3.63) is 94.4 Å². The summed E-state index contributed by atoms with van der Waals surface area (Å²) in [7, 11) is 1.58. The number of carbonyl (C=O) groups excluding carboxylic acids is 1. The van der Waals surface area contributed by atoms with Crippen molar-refractivity contribution < 1.29 is 9.53 Å². The van der Waals surface area contributed by atoms with E-state index in [9.17, 15) is 4.79 Å². The van der Waals surface area contributed by atoms with Gasteiger partial charge in [0.2, 0.25) is 0 Å². The Labute approximate surface area is 187 Å². The highest BCUT2D eigenvalue weighted by Gasteiger charge is 2.13. The lowest BCUT2D eigenvalue weighted by Gasteiger charge is -2.11. The average Bonchev–Trinajstić information content (AvgIpc) is 2.80. The van der Waals surface area contributed by atoms with Gasteiger partial charge in [-0.3, -0.25) is 9.78 Å². The summed E-state index contributed by atoms with van der Waals surface area (Å²) >= 11 is 1.43. The SMILES string of the molecule is COc1cc(CNCc2ccccc2)ccc1C(=O)/C=C(/Nc1cnc(C)cn1)SC. The molecule has 3 rings (SSSR count). The van der Waals surface area contributed by atoms with Crippen LogP contribution in [-0.4, -0.2) is 29.1 Å². The largest absolute Gasteiger partial charge is 0.496 e. The average molecular weight is 435 g/mol. The van der Waals surface area contributed by atoms with Crippen LogP contribution >= 0.6 is 11.8 Å². The molecule has 0 amide bonds. The number of benzene rings is 2. The Balaban J connectivity index is 1.67. The smallest absolute Gasteiger partial charge is 0.192 e. The molecule has 1 aromatic heterocycles. The van der Waals surface area contributed by atoms with E-state index in [4.69, 9.17) is 4.74 Å². The molecule has 0 aliphatic rings. The Morgan fingerprint density at radius 3 is 2.52 bits per heavy atom. The van der Waals surface area contributed by atoms with Crippen LogP contribution in [0.1, 0.15) is 27.2 Å². The van der Waals surface area contributed by atoms with Crippen molar-refractivity contribution in [2.75, 3.05) is 18.7 Å².